The Hall–Kier alpha value is -0.910. The van der Waals surface area contributed by atoms with Gasteiger partial charge in [0, 0.05) is 38.2 Å². The molecule has 0 aromatic rings. The zero-order valence-corrected chi connectivity index (χ0v) is 9.51. The maximum atomic E-state index is 11.7. The standard InChI is InChI=1S/C11H18N2O3/c1-8(9-4-12-5-9)10(14)13-6-11(15)2-3-16-7-11/h12,15H,2-7H2,1H3,(H,13,14). The summed E-state index contributed by atoms with van der Waals surface area (Å²) in [5, 5.41) is 15.8. The largest absolute Gasteiger partial charge is 0.386 e. The van der Waals surface area contributed by atoms with Crippen LogP contribution in [0.1, 0.15) is 13.3 Å². The Morgan fingerprint density at radius 1 is 1.62 bits per heavy atom. The van der Waals surface area contributed by atoms with E-state index in [1.165, 1.54) is 0 Å². The maximum absolute atomic E-state index is 11.7. The molecule has 5 nitrogen and oxygen atoms in total. The third kappa shape index (κ3) is 2.42. The highest BCUT2D eigenvalue weighted by molar-refractivity contribution is 5.94. The van der Waals surface area contributed by atoms with Crippen LogP contribution < -0.4 is 10.6 Å². The number of aliphatic hydroxyl groups is 1. The van der Waals surface area contributed by atoms with Crippen molar-refractivity contribution < 1.29 is 14.6 Å². The molecule has 2 aliphatic heterocycles. The van der Waals surface area contributed by atoms with Crippen molar-refractivity contribution >= 4 is 5.91 Å². The first kappa shape index (κ1) is 11.6. The summed E-state index contributed by atoms with van der Waals surface area (Å²) in [6.07, 6.45) is 0.588. The summed E-state index contributed by atoms with van der Waals surface area (Å²) in [7, 11) is 0. The van der Waals surface area contributed by atoms with E-state index < -0.39 is 5.60 Å². The Morgan fingerprint density at radius 2 is 2.38 bits per heavy atom. The number of amides is 1. The van der Waals surface area contributed by atoms with E-state index in [1.807, 2.05) is 6.92 Å². The van der Waals surface area contributed by atoms with E-state index in [1.54, 1.807) is 0 Å². The lowest BCUT2D eigenvalue weighted by Crippen LogP contribution is -2.44. The smallest absolute Gasteiger partial charge is 0.247 e. The third-order valence-corrected chi connectivity index (χ3v) is 3.21. The molecule has 0 aromatic carbocycles. The number of carbonyl (C=O) groups excluding carboxylic acids is 1. The second kappa shape index (κ2) is 4.53. The molecule has 2 fully saturated rings. The van der Waals surface area contributed by atoms with Crippen LogP contribution in [-0.2, 0) is 9.53 Å². The Bertz CT molecular complexity index is 313. The molecular weight excluding hydrogens is 208 g/mol. The van der Waals surface area contributed by atoms with Crippen LogP contribution in [0.5, 0.6) is 0 Å². The molecule has 90 valence electrons. The molecule has 1 atom stereocenters. The molecule has 0 bridgehead atoms. The monoisotopic (exact) mass is 226 g/mol. The molecule has 0 radical (unpaired) electrons. The summed E-state index contributed by atoms with van der Waals surface area (Å²) >= 11 is 0. The number of rotatable bonds is 3. The lowest BCUT2D eigenvalue weighted by Gasteiger charge is -2.24. The number of nitrogens with one attached hydrogen (secondary N) is 2. The Kier molecular flexibility index (Phi) is 3.28. The Balaban J connectivity index is 1.83. The van der Waals surface area contributed by atoms with Crippen molar-refractivity contribution in [1.29, 1.82) is 0 Å². The maximum Gasteiger partial charge on any atom is 0.247 e. The number of hydrogen-bond donors (Lipinski definition) is 3. The highest BCUT2D eigenvalue weighted by Gasteiger charge is 2.32. The van der Waals surface area contributed by atoms with Gasteiger partial charge < -0.3 is 20.5 Å². The molecule has 2 aliphatic rings. The molecule has 2 rings (SSSR count). The molecule has 1 unspecified atom stereocenters. The fourth-order valence-electron chi connectivity index (χ4n) is 1.79. The van der Waals surface area contributed by atoms with Gasteiger partial charge in [-0.15, -0.1) is 0 Å². The molecule has 3 N–H and O–H groups in total. The summed E-state index contributed by atoms with van der Waals surface area (Å²) < 4.78 is 5.11. The van der Waals surface area contributed by atoms with Gasteiger partial charge in [0.25, 0.3) is 0 Å². The molecular formula is C11H18N2O3. The average Bonchev–Trinajstić information content (AvgIpc) is 2.59. The normalized spacial score (nSPS) is 28.8. The van der Waals surface area contributed by atoms with E-state index in [-0.39, 0.29) is 12.5 Å². The van der Waals surface area contributed by atoms with Gasteiger partial charge in [-0.2, -0.15) is 0 Å². The SMILES string of the molecule is CC(C(=O)NCC1(O)CCOC1)=C1CNC1. The van der Waals surface area contributed by atoms with E-state index in [0.29, 0.717) is 19.6 Å². The zero-order valence-electron chi connectivity index (χ0n) is 9.51. The first-order valence-electron chi connectivity index (χ1n) is 5.58. The van der Waals surface area contributed by atoms with Gasteiger partial charge in [-0.05, 0) is 12.5 Å². The van der Waals surface area contributed by atoms with Crippen molar-refractivity contribution in [1.82, 2.24) is 10.6 Å². The van der Waals surface area contributed by atoms with Gasteiger partial charge in [-0.3, -0.25) is 4.79 Å². The molecule has 0 aromatic heterocycles. The van der Waals surface area contributed by atoms with E-state index in [9.17, 15) is 9.90 Å². The van der Waals surface area contributed by atoms with Crippen molar-refractivity contribution in [3.8, 4) is 0 Å². The highest BCUT2D eigenvalue weighted by atomic mass is 16.5. The Labute approximate surface area is 94.9 Å². The number of carbonyl (C=O) groups is 1. The van der Waals surface area contributed by atoms with Crippen molar-refractivity contribution in [2.45, 2.75) is 18.9 Å². The number of hydrogen-bond acceptors (Lipinski definition) is 4. The van der Waals surface area contributed by atoms with Crippen LogP contribution in [0.4, 0.5) is 0 Å². The molecule has 2 saturated heterocycles. The van der Waals surface area contributed by atoms with Crippen LogP contribution in [0.3, 0.4) is 0 Å². The molecule has 1 amide bonds. The van der Waals surface area contributed by atoms with Crippen molar-refractivity contribution in [3.63, 3.8) is 0 Å². The molecule has 0 aliphatic carbocycles. The minimum absolute atomic E-state index is 0.0863. The highest BCUT2D eigenvalue weighted by Crippen LogP contribution is 2.17. The second-order valence-corrected chi connectivity index (χ2v) is 4.54. The molecule has 16 heavy (non-hydrogen) atoms. The summed E-state index contributed by atoms with van der Waals surface area (Å²) in [6, 6.07) is 0. The van der Waals surface area contributed by atoms with Crippen molar-refractivity contribution in [3.05, 3.63) is 11.1 Å². The van der Waals surface area contributed by atoms with Crippen LogP contribution in [0, 0.1) is 0 Å². The summed E-state index contributed by atoms with van der Waals surface area (Å²) in [6.45, 7) is 4.56. The van der Waals surface area contributed by atoms with E-state index in [2.05, 4.69) is 10.6 Å². The van der Waals surface area contributed by atoms with Crippen LogP contribution >= 0.6 is 0 Å². The first-order valence-corrected chi connectivity index (χ1v) is 5.58. The van der Waals surface area contributed by atoms with Crippen molar-refractivity contribution in [2.24, 2.45) is 0 Å². The van der Waals surface area contributed by atoms with Gasteiger partial charge in [0.15, 0.2) is 0 Å². The van der Waals surface area contributed by atoms with E-state index in [0.717, 1.165) is 24.2 Å². The molecule has 2 heterocycles. The fourth-order valence-corrected chi connectivity index (χ4v) is 1.79. The first-order chi connectivity index (χ1) is 7.61. The van der Waals surface area contributed by atoms with Gasteiger partial charge in [0.2, 0.25) is 5.91 Å². The summed E-state index contributed by atoms with van der Waals surface area (Å²) in [5.41, 5.74) is 1.03. The number of ether oxygens (including phenoxy) is 1. The van der Waals surface area contributed by atoms with Gasteiger partial charge in [0.1, 0.15) is 5.60 Å². The van der Waals surface area contributed by atoms with Gasteiger partial charge in [-0.1, -0.05) is 0 Å². The van der Waals surface area contributed by atoms with Gasteiger partial charge >= 0.3 is 0 Å². The quantitative estimate of drug-likeness (QED) is 0.550. The predicted molar refractivity (Wildman–Crippen MR) is 59.0 cm³/mol. The lowest BCUT2D eigenvalue weighted by atomic mass is 10.0. The second-order valence-electron chi connectivity index (χ2n) is 4.54. The van der Waals surface area contributed by atoms with Crippen molar-refractivity contribution in [2.75, 3.05) is 32.8 Å². The average molecular weight is 226 g/mol. The minimum atomic E-state index is -0.877. The van der Waals surface area contributed by atoms with Gasteiger partial charge in [0.05, 0.1) is 6.61 Å². The molecule has 5 heteroatoms. The van der Waals surface area contributed by atoms with Crippen LogP contribution in [-0.4, -0.2) is 49.5 Å². The topological polar surface area (TPSA) is 70.6 Å². The molecule has 0 saturated carbocycles. The minimum Gasteiger partial charge on any atom is -0.386 e. The summed E-state index contributed by atoms with van der Waals surface area (Å²) in [5.74, 6) is -0.0863. The van der Waals surface area contributed by atoms with Crippen LogP contribution in [0.25, 0.3) is 0 Å². The van der Waals surface area contributed by atoms with Gasteiger partial charge in [-0.25, -0.2) is 0 Å². The summed E-state index contributed by atoms with van der Waals surface area (Å²) in [4.78, 5) is 11.7. The predicted octanol–water partition coefficient (Wildman–Crippen LogP) is -0.826. The lowest BCUT2D eigenvalue weighted by molar-refractivity contribution is -0.118. The Morgan fingerprint density at radius 3 is 2.88 bits per heavy atom. The van der Waals surface area contributed by atoms with E-state index >= 15 is 0 Å². The van der Waals surface area contributed by atoms with Crippen LogP contribution in [0.15, 0.2) is 11.1 Å². The third-order valence-electron chi connectivity index (χ3n) is 3.21. The molecule has 0 spiro atoms. The fraction of sp³-hybridized carbons (Fsp3) is 0.727. The van der Waals surface area contributed by atoms with Crippen LogP contribution in [0.2, 0.25) is 0 Å². The zero-order chi connectivity index (χ0) is 11.6. The van der Waals surface area contributed by atoms with E-state index in [4.69, 9.17) is 4.74 Å².